The summed E-state index contributed by atoms with van der Waals surface area (Å²) in [5.41, 5.74) is 0.0624. The van der Waals surface area contributed by atoms with Gasteiger partial charge in [0.15, 0.2) is 0 Å². The number of carbonyl (C=O) groups excluding carboxylic acids is 1. The lowest BCUT2D eigenvalue weighted by Crippen LogP contribution is -2.45. The number of halogens is 1. The number of hydrogen-bond donors (Lipinski definition) is 2. The molecule has 0 bridgehead atoms. The number of nitrogens with one attached hydrogen (secondary N) is 1. The molecule has 0 heterocycles. The zero-order chi connectivity index (χ0) is 14.8. The van der Waals surface area contributed by atoms with E-state index in [1.165, 1.54) is 18.2 Å². The molecule has 106 valence electrons. The van der Waals surface area contributed by atoms with Crippen molar-refractivity contribution in [2.24, 2.45) is 5.41 Å². The van der Waals surface area contributed by atoms with E-state index in [1.807, 2.05) is 13.8 Å². The van der Waals surface area contributed by atoms with Crippen LogP contribution in [0.3, 0.4) is 0 Å². The summed E-state index contributed by atoms with van der Waals surface area (Å²) in [6.07, 6.45) is 0.835. The Morgan fingerprint density at radius 3 is 2.37 bits per heavy atom. The third kappa shape index (κ3) is 5.11. The Bertz CT molecular complexity index is 476. The summed E-state index contributed by atoms with van der Waals surface area (Å²) in [4.78, 5) is 12.2. The van der Waals surface area contributed by atoms with Crippen molar-refractivity contribution in [3.05, 3.63) is 28.8 Å². The van der Waals surface area contributed by atoms with Gasteiger partial charge in [-0.2, -0.15) is 0 Å². The summed E-state index contributed by atoms with van der Waals surface area (Å²) in [7, 11) is 0. The Morgan fingerprint density at radius 1 is 1.26 bits per heavy atom. The summed E-state index contributed by atoms with van der Waals surface area (Å²) < 4.78 is 0. The largest absolute Gasteiger partial charge is 0.508 e. The van der Waals surface area contributed by atoms with E-state index in [-0.39, 0.29) is 22.6 Å². The minimum absolute atomic E-state index is 0.0307. The van der Waals surface area contributed by atoms with Crippen LogP contribution in [0.4, 0.5) is 0 Å². The first kappa shape index (κ1) is 15.8. The molecule has 0 radical (unpaired) electrons. The van der Waals surface area contributed by atoms with Gasteiger partial charge in [0.05, 0.1) is 10.6 Å². The van der Waals surface area contributed by atoms with Gasteiger partial charge in [0.25, 0.3) is 5.91 Å². The second-order valence-corrected chi connectivity index (χ2v) is 7.15. The van der Waals surface area contributed by atoms with Crippen LogP contribution in [0.2, 0.25) is 5.02 Å². The molecule has 0 fully saturated rings. The van der Waals surface area contributed by atoms with E-state index in [0.29, 0.717) is 10.6 Å². The topological polar surface area (TPSA) is 49.3 Å². The number of rotatable bonds is 3. The maximum Gasteiger partial charge on any atom is 0.253 e. The predicted octanol–water partition coefficient (Wildman–Crippen LogP) is 3.99. The average Bonchev–Trinajstić information content (AvgIpc) is 2.16. The molecule has 0 unspecified atom stereocenters. The first-order chi connectivity index (χ1) is 8.50. The summed E-state index contributed by atoms with van der Waals surface area (Å²) in [6, 6.07) is 4.35. The first-order valence-corrected chi connectivity index (χ1v) is 6.69. The van der Waals surface area contributed by atoms with Gasteiger partial charge >= 0.3 is 0 Å². The highest BCUT2D eigenvalue weighted by Crippen LogP contribution is 2.28. The summed E-state index contributed by atoms with van der Waals surface area (Å²) in [5.74, 6) is -0.238. The van der Waals surface area contributed by atoms with Crippen LogP contribution in [0.5, 0.6) is 5.75 Å². The lowest BCUT2D eigenvalue weighted by atomic mass is 9.81. The second kappa shape index (κ2) is 5.41. The van der Waals surface area contributed by atoms with E-state index in [1.54, 1.807) is 0 Å². The normalized spacial score (nSPS) is 12.3. The summed E-state index contributed by atoms with van der Waals surface area (Å²) in [5, 5.41) is 12.7. The summed E-state index contributed by atoms with van der Waals surface area (Å²) >= 11 is 5.98. The van der Waals surface area contributed by atoms with Crippen molar-refractivity contribution >= 4 is 17.5 Å². The van der Waals surface area contributed by atoms with Gasteiger partial charge < -0.3 is 10.4 Å². The maximum absolute atomic E-state index is 12.2. The van der Waals surface area contributed by atoms with Crippen LogP contribution in [0.1, 0.15) is 51.4 Å². The molecule has 1 aromatic carbocycles. The highest BCUT2D eigenvalue weighted by Gasteiger charge is 2.28. The molecule has 0 aromatic heterocycles. The van der Waals surface area contributed by atoms with Crippen molar-refractivity contribution in [2.75, 3.05) is 0 Å². The molecule has 0 spiro atoms. The molecule has 0 aliphatic heterocycles. The van der Waals surface area contributed by atoms with Gasteiger partial charge in [0.2, 0.25) is 0 Å². The highest BCUT2D eigenvalue weighted by atomic mass is 35.5. The van der Waals surface area contributed by atoms with Crippen LogP contribution in [0.15, 0.2) is 18.2 Å². The van der Waals surface area contributed by atoms with Gasteiger partial charge in [-0.3, -0.25) is 4.79 Å². The number of hydrogen-bond acceptors (Lipinski definition) is 2. The molecule has 4 heteroatoms. The molecule has 0 aliphatic carbocycles. The number of phenols is 1. The Balaban J connectivity index is 2.87. The molecule has 0 atom stereocenters. The minimum Gasteiger partial charge on any atom is -0.508 e. The molecule has 1 aromatic rings. The van der Waals surface area contributed by atoms with E-state index in [0.717, 1.165) is 6.42 Å². The van der Waals surface area contributed by atoms with Crippen molar-refractivity contribution in [2.45, 2.75) is 46.6 Å². The Hall–Kier alpha value is -1.22. The molecule has 0 aliphatic rings. The van der Waals surface area contributed by atoms with Crippen molar-refractivity contribution in [3.63, 3.8) is 0 Å². The van der Waals surface area contributed by atoms with Crippen LogP contribution in [0, 0.1) is 5.41 Å². The van der Waals surface area contributed by atoms with Crippen molar-refractivity contribution in [3.8, 4) is 5.75 Å². The fourth-order valence-electron chi connectivity index (χ4n) is 2.43. The Labute approximate surface area is 120 Å². The zero-order valence-corrected chi connectivity index (χ0v) is 12.9. The minimum atomic E-state index is -0.343. The van der Waals surface area contributed by atoms with Gasteiger partial charge in [0.1, 0.15) is 5.75 Å². The van der Waals surface area contributed by atoms with E-state index < -0.39 is 0 Å². The predicted molar refractivity (Wildman–Crippen MR) is 78.7 cm³/mol. The molecule has 3 nitrogen and oxygen atoms in total. The summed E-state index contributed by atoms with van der Waals surface area (Å²) in [6.45, 7) is 10.3. The number of benzene rings is 1. The third-order valence-electron chi connectivity index (χ3n) is 2.62. The van der Waals surface area contributed by atoms with Crippen molar-refractivity contribution in [1.82, 2.24) is 5.32 Å². The fourth-order valence-corrected chi connectivity index (χ4v) is 2.64. The third-order valence-corrected chi connectivity index (χ3v) is 2.95. The molecule has 0 saturated carbocycles. The average molecular weight is 284 g/mol. The van der Waals surface area contributed by atoms with E-state index in [2.05, 4.69) is 26.1 Å². The SMILES string of the molecule is CC(C)(C)CC(C)(C)NC(=O)c1cc(O)ccc1Cl. The molecule has 0 saturated heterocycles. The van der Waals surface area contributed by atoms with Gasteiger partial charge in [-0.25, -0.2) is 0 Å². The number of carbonyl (C=O) groups is 1. The van der Waals surface area contributed by atoms with Gasteiger partial charge in [0, 0.05) is 5.54 Å². The van der Waals surface area contributed by atoms with Crippen LogP contribution in [0.25, 0.3) is 0 Å². The van der Waals surface area contributed by atoms with E-state index in [9.17, 15) is 9.90 Å². The van der Waals surface area contributed by atoms with Crippen LogP contribution >= 0.6 is 11.6 Å². The van der Waals surface area contributed by atoms with E-state index >= 15 is 0 Å². The fraction of sp³-hybridized carbons (Fsp3) is 0.533. The van der Waals surface area contributed by atoms with Crippen LogP contribution in [-0.4, -0.2) is 16.6 Å². The van der Waals surface area contributed by atoms with E-state index in [4.69, 9.17) is 11.6 Å². The highest BCUT2D eigenvalue weighted by molar-refractivity contribution is 6.33. The van der Waals surface area contributed by atoms with Gasteiger partial charge in [-0.05, 0) is 43.9 Å². The monoisotopic (exact) mass is 283 g/mol. The van der Waals surface area contributed by atoms with Crippen molar-refractivity contribution in [1.29, 1.82) is 0 Å². The number of phenolic OH excluding ortho intramolecular Hbond substituents is 1. The smallest absolute Gasteiger partial charge is 0.253 e. The second-order valence-electron chi connectivity index (χ2n) is 6.74. The lowest BCUT2D eigenvalue weighted by molar-refractivity contribution is 0.0891. The van der Waals surface area contributed by atoms with Crippen molar-refractivity contribution < 1.29 is 9.90 Å². The quantitative estimate of drug-likeness (QED) is 0.881. The number of amides is 1. The van der Waals surface area contributed by atoms with Gasteiger partial charge in [-0.15, -0.1) is 0 Å². The Kier molecular flexibility index (Phi) is 4.51. The maximum atomic E-state index is 12.2. The molecular weight excluding hydrogens is 262 g/mol. The standard InChI is InChI=1S/C15H22ClNO2/c1-14(2,3)9-15(4,5)17-13(19)11-8-10(18)6-7-12(11)16/h6-8,18H,9H2,1-5H3,(H,17,19). The van der Waals surface area contributed by atoms with Crippen LogP contribution < -0.4 is 5.32 Å². The molecular formula is C15H22ClNO2. The van der Waals surface area contributed by atoms with Gasteiger partial charge in [-0.1, -0.05) is 32.4 Å². The molecule has 19 heavy (non-hydrogen) atoms. The number of aromatic hydroxyl groups is 1. The van der Waals surface area contributed by atoms with Crippen LogP contribution in [-0.2, 0) is 0 Å². The first-order valence-electron chi connectivity index (χ1n) is 6.31. The zero-order valence-electron chi connectivity index (χ0n) is 12.2. The lowest BCUT2D eigenvalue weighted by Gasteiger charge is -2.33. The molecule has 1 rings (SSSR count). The molecule has 1 amide bonds. The molecule has 2 N–H and O–H groups in total. The Morgan fingerprint density at radius 2 is 1.84 bits per heavy atom.